The van der Waals surface area contributed by atoms with Gasteiger partial charge < -0.3 is 4.98 Å². The zero-order valence-corrected chi connectivity index (χ0v) is 12.9. The van der Waals surface area contributed by atoms with Gasteiger partial charge in [0.25, 0.3) is 0 Å². The number of nitrogens with one attached hydrogen (secondary N) is 1. The van der Waals surface area contributed by atoms with Crippen molar-refractivity contribution in [3.8, 4) is 0 Å². The van der Waals surface area contributed by atoms with Crippen LogP contribution in [-0.4, -0.2) is 9.97 Å². The van der Waals surface area contributed by atoms with Crippen LogP contribution in [0, 0.1) is 6.92 Å². The van der Waals surface area contributed by atoms with Gasteiger partial charge in [-0.25, -0.2) is 4.98 Å². The van der Waals surface area contributed by atoms with Crippen molar-refractivity contribution in [3.05, 3.63) is 75.0 Å². The highest BCUT2D eigenvalue weighted by Crippen LogP contribution is 2.24. The highest BCUT2D eigenvalue weighted by molar-refractivity contribution is 7.18. The minimum absolute atomic E-state index is 0.103. The molecule has 22 heavy (non-hydrogen) atoms. The third kappa shape index (κ3) is 2.12. The van der Waals surface area contributed by atoms with E-state index >= 15 is 0 Å². The van der Waals surface area contributed by atoms with Gasteiger partial charge >= 0.3 is 0 Å². The molecule has 4 rings (SSSR count). The van der Waals surface area contributed by atoms with Crippen LogP contribution in [0.2, 0.25) is 0 Å². The summed E-state index contributed by atoms with van der Waals surface area (Å²) in [5.74, 6) is 0. The number of hydrogen-bond acceptors (Lipinski definition) is 3. The van der Waals surface area contributed by atoms with Gasteiger partial charge in [-0.15, -0.1) is 11.3 Å². The molecule has 0 saturated carbocycles. The molecule has 0 fully saturated rings. The molecule has 0 aliphatic heterocycles. The lowest BCUT2D eigenvalue weighted by Gasteiger charge is -2.06. The Morgan fingerprint density at radius 3 is 2.73 bits per heavy atom. The van der Waals surface area contributed by atoms with Crippen LogP contribution in [-0.2, 0) is 6.42 Å². The Bertz CT molecular complexity index is 1010. The third-order valence-corrected chi connectivity index (χ3v) is 4.92. The van der Waals surface area contributed by atoms with E-state index in [-0.39, 0.29) is 5.43 Å². The van der Waals surface area contributed by atoms with Gasteiger partial charge in [0.05, 0.1) is 15.2 Å². The summed E-state index contributed by atoms with van der Waals surface area (Å²) in [6.45, 7) is 1.95. The van der Waals surface area contributed by atoms with Gasteiger partial charge in [0.2, 0.25) is 0 Å². The second kappa shape index (κ2) is 5.07. The Morgan fingerprint density at radius 2 is 1.86 bits per heavy atom. The van der Waals surface area contributed by atoms with Crippen LogP contribution in [0.1, 0.15) is 16.3 Å². The summed E-state index contributed by atoms with van der Waals surface area (Å²) in [6.07, 6.45) is 0.575. The predicted molar refractivity (Wildman–Crippen MR) is 91.7 cm³/mol. The molecule has 0 radical (unpaired) electrons. The number of para-hydroxylation sites is 2. The zero-order chi connectivity index (χ0) is 15.1. The number of aromatic amines is 1. The number of aromatic nitrogens is 2. The number of H-pyrrole nitrogens is 1. The topological polar surface area (TPSA) is 45.8 Å². The van der Waals surface area contributed by atoms with E-state index in [2.05, 4.69) is 16.0 Å². The summed E-state index contributed by atoms with van der Waals surface area (Å²) in [4.78, 5) is 20.7. The molecule has 0 spiro atoms. The summed E-state index contributed by atoms with van der Waals surface area (Å²) >= 11 is 1.65. The van der Waals surface area contributed by atoms with Gasteiger partial charge in [0.15, 0.2) is 5.43 Å². The number of hydrogen-bond donors (Lipinski definition) is 1. The standard InChI is InChI=1S/C18H14N2OS/c1-11-13(18(21)12-6-2-3-7-14(12)19-11)10-17-20-15-8-4-5-9-16(15)22-17/h2-9H,10H2,1H3,(H,19,21). The molecule has 0 amide bonds. The fourth-order valence-corrected chi connectivity index (χ4v) is 3.74. The molecule has 2 aromatic heterocycles. The molecular formula is C18H14N2OS. The van der Waals surface area contributed by atoms with E-state index in [0.717, 1.165) is 37.4 Å². The van der Waals surface area contributed by atoms with Crippen LogP contribution in [0.3, 0.4) is 0 Å². The smallest absolute Gasteiger partial charge is 0.193 e. The van der Waals surface area contributed by atoms with Crippen LogP contribution in [0.4, 0.5) is 0 Å². The van der Waals surface area contributed by atoms with Gasteiger partial charge in [-0.1, -0.05) is 24.3 Å². The fraction of sp³-hybridized carbons (Fsp3) is 0.111. The summed E-state index contributed by atoms with van der Waals surface area (Å²) in [7, 11) is 0. The number of fused-ring (bicyclic) bond motifs is 2. The first kappa shape index (κ1) is 13.2. The highest BCUT2D eigenvalue weighted by Gasteiger charge is 2.12. The average molecular weight is 306 g/mol. The molecule has 108 valence electrons. The number of nitrogens with zero attached hydrogens (tertiary/aromatic N) is 1. The SMILES string of the molecule is Cc1[nH]c2ccccc2c(=O)c1Cc1nc2ccccc2s1. The van der Waals surface area contributed by atoms with E-state index < -0.39 is 0 Å². The van der Waals surface area contributed by atoms with Gasteiger partial charge in [0, 0.05) is 28.6 Å². The molecule has 0 unspecified atom stereocenters. The maximum Gasteiger partial charge on any atom is 0.193 e. The molecule has 4 aromatic rings. The second-order valence-electron chi connectivity index (χ2n) is 5.36. The summed E-state index contributed by atoms with van der Waals surface area (Å²) in [6, 6.07) is 15.7. The maximum atomic E-state index is 12.7. The van der Waals surface area contributed by atoms with Gasteiger partial charge in [-0.05, 0) is 31.2 Å². The quantitative estimate of drug-likeness (QED) is 0.607. The number of benzene rings is 2. The van der Waals surface area contributed by atoms with E-state index in [4.69, 9.17) is 0 Å². The lowest BCUT2D eigenvalue weighted by Crippen LogP contribution is -2.13. The van der Waals surface area contributed by atoms with Crippen LogP contribution in [0.15, 0.2) is 53.3 Å². The number of aryl methyl sites for hydroxylation is 1. The second-order valence-corrected chi connectivity index (χ2v) is 6.47. The predicted octanol–water partition coefficient (Wildman–Crippen LogP) is 4.04. The monoisotopic (exact) mass is 306 g/mol. The van der Waals surface area contributed by atoms with Crippen molar-refractivity contribution in [2.24, 2.45) is 0 Å². The normalized spacial score (nSPS) is 11.3. The summed E-state index contributed by atoms with van der Waals surface area (Å²) in [5.41, 5.74) is 3.71. The maximum absolute atomic E-state index is 12.7. The first-order chi connectivity index (χ1) is 10.7. The average Bonchev–Trinajstić information content (AvgIpc) is 2.94. The van der Waals surface area contributed by atoms with Crippen LogP contribution in [0.5, 0.6) is 0 Å². The minimum Gasteiger partial charge on any atom is -0.358 e. The van der Waals surface area contributed by atoms with E-state index in [9.17, 15) is 4.79 Å². The van der Waals surface area contributed by atoms with Crippen molar-refractivity contribution < 1.29 is 0 Å². The van der Waals surface area contributed by atoms with Crippen molar-refractivity contribution in [2.45, 2.75) is 13.3 Å². The van der Waals surface area contributed by atoms with Crippen molar-refractivity contribution in [1.82, 2.24) is 9.97 Å². The Hall–Kier alpha value is -2.46. The third-order valence-electron chi connectivity index (χ3n) is 3.89. The molecule has 2 aromatic carbocycles. The van der Waals surface area contributed by atoms with Gasteiger partial charge in [-0.3, -0.25) is 4.79 Å². The number of thiazole rings is 1. The molecule has 0 aliphatic rings. The summed E-state index contributed by atoms with van der Waals surface area (Å²) in [5, 5.41) is 1.72. The minimum atomic E-state index is 0.103. The van der Waals surface area contributed by atoms with Gasteiger partial charge in [0.1, 0.15) is 0 Å². The number of pyridine rings is 1. The molecule has 4 heteroatoms. The van der Waals surface area contributed by atoms with Crippen molar-refractivity contribution in [3.63, 3.8) is 0 Å². The van der Waals surface area contributed by atoms with Crippen molar-refractivity contribution in [1.29, 1.82) is 0 Å². The van der Waals surface area contributed by atoms with Crippen LogP contribution < -0.4 is 5.43 Å². The molecule has 0 aliphatic carbocycles. The number of rotatable bonds is 2. The first-order valence-electron chi connectivity index (χ1n) is 7.17. The Labute approximate surface area is 131 Å². The summed E-state index contributed by atoms with van der Waals surface area (Å²) < 4.78 is 1.16. The lowest BCUT2D eigenvalue weighted by molar-refractivity contribution is 1.07. The van der Waals surface area contributed by atoms with E-state index in [1.165, 1.54) is 0 Å². The van der Waals surface area contributed by atoms with Crippen molar-refractivity contribution in [2.75, 3.05) is 0 Å². The fourth-order valence-electron chi connectivity index (χ4n) is 2.76. The molecule has 3 nitrogen and oxygen atoms in total. The van der Waals surface area contributed by atoms with Crippen LogP contribution >= 0.6 is 11.3 Å². The molecule has 2 heterocycles. The molecule has 0 atom stereocenters. The molecule has 0 bridgehead atoms. The van der Waals surface area contributed by atoms with Crippen LogP contribution in [0.25, 0.3) is 21.1 Å². The largest absolute Gasteiger partial charge is 0.358 e. The Kier molecular flexibility index (Phi) is 3.05. The van der Waals surface area contributed by atoms with E-state index in [0.29, 0.717) is 6.42 Å². The van der Waals surface area contributed by atoms with Gasteiger partial charge in [-0.2, -0.15) is 0 Å². The molecule has 1 N–H and O–H groups in total. The van der Waals surface area contributed by atoms with E-state index in [1.54, 1.807) is 11.3 Å². The lowest BCUT2D eigenvalue weighted by atomic mass is 10.1. The zero-order valence-electron chi connectivity index (χ0n) is 12.1. The van der Waals surface area contributed by atoms with E-state index in [1.807, 2.05) is 49.4 Å². The Balaban J connectivity index is 1.85. The molecular weight excluding hydrogens is 292 g/mol. The Morgan fingerprint density at radius 1 is 1.09 bits per heavy atom. The highest BCUT2D eigenvalue weighted by atomic mass is 32.1. The molecule has 0 saturated heterocycles. The van der Waals surface area contributed by atoms with Crippen molar-refractivity contribution >= 4 is 32.5 Å². The first-order valence-corrected chi connectivity index (χ1v) is 7.99.